The van der Waals surface area contributed by atoms with E-state index >= 15 is 0 Å². The minimum atomic E-state index is -1.17. The highest BCUT2D eigenvalue weighted by atomic mass is 16.5. The molecule has 1 heterocycles. The van der Waals surface area contributed by atoms with Crippen LogP contribution in [0, 0.1) is 17.8 Å². The van der Waals surface area contributed by atoms with Gasteiger partial charge in [0.15, 0.2) is 0 Å². The lowest BCUT2D eigenvalue weighted by Gasteiger charge is -2.28. The molecule has 4 atom stereocenters. The summed E-state index contributed by atoms with van der Waals surface area (Å²) in [6, 6.07) is 3.17. The largest absolute Gasteiger partial charge is 0.491 e. The van der Waals surface area contributed by atoms with Gasteiger partial charge in [0.05, 0.1) is 18.0 Å². The summed E-state index contributed by atoms with van der Waals surface area (Å²) in [6.45, 7) is 9.47. The van der Waals surface area contributed by atoms with E-state index in [1.807, 2.05) is 13.8 Å². The molecule has 1 aliphatic heterocycles. The molecule has 1 saturated carbocycles. The maximum Gasteiger partial charge on any atom is 0.255 e. The number of rotatable bonds is 5. The average molecular weight is 544 g/mol. The van der Waals surface area contributed by atoms with Crippen molar-refractivity contribution in [3.63, 3.8) is 0 Å². The summed E-state index contributed by atoms with van der Waals surface area (Å²) >= 11 is 0. The summed E-state index contributed by atoms with van der Waals surface area (Å²) < 4.78 is 5.87. The molecule has 1 fully saturated rings. The predicted molar refractivity (Wildman–Crippen MR) is 145 cm³/mol. The second-order valence-corrected chi connectivity index (χ2v) is 11.2. The third kappa shape index (κ3) is 8.69. The normalized spacial score (nSPS) is 25.4. The van der Waals surface area contributed by atoms with Gasteiger partial charge in [-0.3, -0.25) is 24.0 Å². The third-order valence-electron chi connectivity index (χ3n) is 6.79. The number of carbonyl (C=O) groups excluding carboxylic acids is 5. The van der Waals surface area contributed by atoms with Crippen LogP contribution >= 0.6 is 0 Å². The molecular formula is C28H41N5O6. The molecule has 0 radical (unpaired) electrons. The van der Waals surface area contributed by atoms with Crippen LogP contribution in [-0.2, 0) is 19.2 Å². The molecule has 1 aromatic rings. The predicted octanol–water partition coefficient (Wildman–Crippen LogP) is 0.880. The molecule has 0 unspecified atom stereocenters. The van der Waals surface area contributed by atoms with E-state index < -0.39 is 47.8 Å². The maximum absolute atomic E-state index is 13.3. The zero-order chi connectivity index (χ0) is 28.7. The van der Waals surface area contributed by atoms with Gasteiger partial charge in [-0.15, -0.1) is 0 Å². The van der Waals surface area contributed by atoms with E-state index in [4.69, 9.17) is 4.74 Å². The summed E-state index contributed by atoms with van der Waals surface area (Å²) in [5.74, 6) is -2.38. The Kier molecular flexibility index (Phi) is 10.3. The number of carbonyl (C=O) groups is 5. The van der Waals surface area contributed by atoms with E-state index in [1.54, 1.807) is 45.0 Å². The third-order valence-corrected chi connectivity index (χ3v) is 6.79. The van der Waals surface area contributed by atoms with Gasteiger partial charge >= 0.3 is 0 Å². The number of hydrogen-bond acceptors (Lipinski definition) is 6. The lowest BCUT2D eigenvalue weighted by Crippen LogP contribution is -2.58. The SMILES string of the molecule is CC(C)[C@@H]1NC(=O)C[C@@H](C(=O)NCC2CC2)NC(=O)c2ccccc2OC[C@H](C)NC(=O)[C@@H](C(C)C)NC1=O. The number of nitrogens with one attached hydrogen (secondary N) is 5. The number of hydrogen-bond donors (Lipinski definition) is 5. The zero-order valence-electron chi connectivity index (χ0n) is 23.3. The van der Waals surface area contributed by atoms with Gasteiger partial charge < -0.3 is 31.3 Å². The van der Waals surface area contributed by atoms with Crippen molar-refractivity contribution in [1.82, 2.24) is 26.6 Å². The molecule has 5 N–H and O–H groups in total. The Morgan fingerprint density at radius 1 is 0.923 bits per heavy atom. The Labute approximate surface area is 229 Å². The van der Waals surface area contributed by atoms with Crippen LogP contribution in [0.5, 0.6) is 5.75 Å². The minimum absolute atomic E-state index is 0.0642. The topological polar surface area (TPSA) is 155 Å². The number of amides is 5. The Bertz CT molecular complexity index is 1070. The number of para-hydroxylation sites is 1. The molecule has 0 bridgehead atoms. The first-order valence-corrected chi connectivity index (χ1v) is 13.7. The maximum atomic E-state index is 13.3. The van der Waals surface area contributed by atoms with Gasteiger partial charge in [-0.05, 0) is 49.7 Å². The Balaban J connectivity index is 1.92. The quantitative estimate of drug-likeness (QED) is 0.371. The van der Waals surface area contributed by atoms with Crippen molar-refractivity contribution in [3.05, 3.63) is 29.8 Å². The second-order valence-electron chi connectivity index (χ2n) is 11.2. The first-order valence-electron chi connectivity index (χ1n) is 13.7. The average Bonchev–Trinajstić information content (AvgIpc) is 3.71. The summed E-state index contributed by atoms with van der Waals surface area (Å²) in [7, 11) is 0. The zero-order valence-corrected chi connectivity index (χ0v) is 23.3. The summed E-state index contributed by atoms with van der Waals surface area (Å²) in [5.41, 5.74) is 0.192. The van der Waals surface area contributed by atoms with Crippen LogP contribution < -0.4 is 31.3 Å². The van der Waals surface area contributed by atoms with E-state index in [-0.39, 0.29) is 42.1 Å². The van der Waals surface area contributed by atoms with Crippen molar-refractivity contribution >= 4 is 29.5 Å². The van der Waals surface area contributed by atoms with Crippen LogP contribution in [0.1, 0.15) is 64.2 Å². The molecule has 11 heteroatoms. The lowest BCUT2D eigenvalue weighted by atomic mass is 9.99. The fraction of sp³-hybridized carbons (Fsp3) is 0.607. The molecule has 1 aliphatic carbocycles. The summed E-state index contributed by atoms with van der Waals surface area (Å²) in [5, 5.41) is 13.8. The number of benzene rings is 1. The Hall–Kier alpha value is -3.63. The smallest absolute Gasteiger partial charge is 0.255 e. The van der Waals surface area contributed by atoms with Crippen molar-refractivity contribution in [3.8, 4) is 5.75 Å². The van der Waals surface area contributed by atoms with E-state index in [9.17, 15) is 24.0 Å². The molecular weight excluding hydrogens is 502 g/mol. The Morgan fingerprint density at radius 3 is 2.18 bits per heavy atom. The van der Waals surface area contributed by atoms with Crippen molar-refractivity contribution in [2.45, 2.75) is 78.0 Å². The van der Waals surface area contributed by atoms with Crippen LogP contribution in [0.3, 0.4) is 0 Å². The molecule has 2 aliphatic rings. The lowest BCUT2D eigenvalue weighted by molar-refractivity contribution is -0.134. The monoisotopic (exact) mass is 543 g/mol. The number of ether oxygens (including phenoxy) is 1. The van der Waals surface area contributed by atoms with E-state index in [0.29, 0.717) is 12.5 Å². The highest BCUT2D eigenvalue weighted by Crippen LogP contribution is 2.27. The molecule has 1 aromatic carbocycles. The van der Waals surface area contributed by atoms with Crippen molar-refractivity contribution in [2.24, 2.45) is 17.8 Å². The van der Waals surface area contributed by atoms with Crippen LogP contribution in [0.2, 0.25) is 0 Å². The first kappa shape index (κ1) is 29.9. The molecule has 11 nitrogen and oxygen atoms in total. The second kappa shape index (κ2) is 13.4. The Morgan fingerprint density at radius 2 is 1.54 bits per heavy atom. The fourth-order valence-electron chi connectivity index (χ4n) is 4.24. The van der Waals surface area contributed by atoms with Gasteiger partial charge in [-0.2, -0.15) is 0 Å². The van der Waals surface area contributed by atoms with Crippen molar-refractivity contribution in [1.29, 1.82) is 0 Å². The first-order chi connectivity index (χ1) is 18.5. The van der Waals surface area contributed by atoms with E-state index in [0.717, 1.165) is 12.8 Å². The summed E-state index contributed by atoms with van der Waals surface area (Å²) in [4.78, 5) is 65.7. The molecule has 39 heavy (non-hydrogen) atoms. The highest BCUT2D eigenvalue weighted by molar-refractivity contribution is 6.01. The fourth-order valence-corrected chi connectivity index (χ4v) is 4.24. The van der Waals surface area contributed by atoms with Gasteiger partial charge in [0, 0.05) is 6.54 Å². The van der Waals surface area contributed by atoms with E-state index in [1.165, 1.54) is 0 Å². The summed E-state index contributed by atoms with van der Waals surface area (Å²) in [6.07, 6.45) is 1.69. The van der Waals surface area contributed by atoms with Crippen LogP contribution in [0.15, 0.2) is 24.3 Å². The molecule has 5 amide bonds. The minimum Gasteiger partial charge on any atom is -0.491 e. The van der Waals surface area contributed by atoms with Crippen LogP contribution in [0.25, 0.3) is 0 Å². The van der Waals surface area contributed by atoms with Gasteiger partial charge in [0.1, 0.15) is 30.5 Å². The van der Waals surface area contributed by atoms with Crippen LogP contribution in [0.4, 0.5) is 0 Å². The highest BCUT2D eigenvalue weighted by Gasteiger charge is 2.33. The number of fused-ring (bicyclic) bond motifs is 1. The van der Waals surface area contributed by atoms with Gasteiger partial charge in [0.25, 0.3) is 5.91 Å². The molecule has 3 rings (SSSR count). The standard InChI is InChI=1S/C28H41N5O6/c1-15(2)23-28(38)33-24(16(3)4)27(37)30-17(5)14-39-21-9-7-6-8-19(21)25(35)31-20(12-22(34)32-23)26(36)29-13-18-10-11-18/h6-9,15-18,20,23-24H,10-14H2,1-5H3,(H,29,36)(H,30,37)(H,31,35)(H,32,34)(H,33,38)/t17-,20-,23-,24+/m0/s1. The molecule has 0 spiro atoms. The molecule has 214 valence electrons. The van der Waals surface area contributed by atoms with Crippen molar-refractivity contribution < 1.29 is 28.7 Å². The molecule has 0 saturated heterocycles. The van der Waals surface area contributed by atoms with Gasteiger partial charge in [0.2, 0.25) is 23.6 Å². The van der Waals surface area contributed by atoms with Crippen LogP contribution in [-0.4, -0.2) is 66.9 Å². The van der Waals surface area contributed by atoms with Gasteiger partial charge in [-0.1, -0.05) is 39.8 Å². The molecule has 0 aromatic heterocycles. The van der Waals surface area contributed by atoms with E-state index in [2.05, 4.69) is 26.6 Å². The van der Waals surface area contributed by atoms with Gasteiger partial charge in [-0.25, -0.2) is 0 Å². The van der Waals surface area contributed by atoms with Crippen molar-refractivity contribution in [2.75, 3.05) is 13.2 Å².